The predicted octanol–water partition coefficient (Wildman–Crippen LogP) is -0.225. The molecule has 1 rings (SSSR count). The third-order valence-corrected chi connectivity index (χ3v) is 3.33. The van der Waals surface area contributed by atoms with Gasteiger partial charge < -0.3 is 19.7 Å². The highest BCUT2D eigenvalue weighted by molar-refractivity contribution is 5.97. The summed E-state index contributed by atoms with van der Waals surface area (Å²) in [5, 5.41) is 2.74. The van der Waals surface area contributed by atoms with E-state index in [1.807, 2.05) is 6.92 Å². The van der Waals surface area contributed by atoms with Crippen LogP contribution in [0, 0.1) is 0 Å². The number of piperazine rings is 1. The first kappa shape index (κ1) is 14.9. The molecular weight excluding hydrogens is 236 g/mol. The molecule has 18 heavy (non-hydrogen) atoms. The van der Waals surface area contributed by atoms with Crippen molar-refractivity contribution in [2.24, 2.45) is 0 Å². The minimum Gasteiger partial charge on any atom is -0.382 e. The topological polar surface area (TPSA) is 67.9 Å². The molecule has 1 aliphatic heterocycles. The number of ether oxygens (including phenoxy) is 2. The second kappa shape index (κ2) is 6.15. The minimum atomic E-state index is -0.805. The average molecular weight is 258 g/mol. The molecule has 1 N–H and O–H groups in total. The van der Waals surface area contributed by atoms with E-state index in [1.54, 1.807) is 21.1 Å². The predicted molar refractivity (Wildman–Crippen MR) is 66.1 cm³/mol. The van der Waals surface area contributed by atoms with E-state index < -0.39 is 5.54 Å². The molecule has 1 saturated heterocycles. The maximum atomic E-state index is 12.3. The van der Waals surface area contributed by atoms with Gasteiger partial charge in [0, 0.05) is 20.8 Å². The Morgan fingerprint density at radius 3 is 2.61 bits per heavy atom. The van der Waals surface area contributed by atoms with Gasteiger partial charge in [-0.05, 0) is 13.3 Å². The van der Waals surface area contributed by atoms with E-state index in [0.29, 0.717) is 19.6 Å². The highest BCUT2D eigenvalue weighted by Gasteiger charge is 2.41. The van der Waals surface area contributed by atoms with Crippen molar-refractivity contribution in [3.8, 4) is 0 Å². The number of amides is 2. The Labute approximate surface area is 108 Å². The van der Waals surface area contributed by atoms with Crippen LogP contribution in [0.25, 0.3) is 0 Å². The monoisotopic (exact) mass is 258 g/mol. The van der Waals surface area contributed by atoms with Crippen LogP contribution in [0.5, 0.6) is 0 Å². The lowest BCUT2D eigenvalue weighted by molar-refractivity contribution is -0.151. The van der Waals surface area contributed by atoms with Gasteiger partial charge in [0.1, 0.15) is 5.54 Å². The number of nitrogens with one attached hydrogen (secondary N) is 1. The molecule has 2 unspecified atom stereocenters. The number of carbonyl (C=O) groups is 2. The van der Waals surface area contributed by atoms with E-state index in [1.165, 1.54) is 4.90 Å². The van der Waals surface area contributed by atoms with Gasteiger partial charge in [-0.1, -0.05) is 6.92 Å². The Balaban J connectivity index is 2.75. The van der Waals surface area contributed by atoms with Gasteiger partial charge in [0.05, 0.1) is 19.3 Å². The first-order chi connectivity index (χ1) is 8.46. The van der Waals surface area contributed by atoms with Gasteiger partial charge in [-0.25, -0.2) is 0 Å². The van der Waals surface area contributed by atoms with E-state index in [9.17, 15) is 9.59 Å². The van der Waals surface area contributed by atoms with Crippen LogP contribution in [0.15, 0.2) is 0 Å². The minimum absolute atomic E-state index is 0.0669. The molecule has 0 aromatic heterocycles. The van der Waals surface area contributed by atoms with Crippen molar-refractivity contribution in [2.45, 2.75) is 31.9 Å². The number of carbonyl (C=O) groups excluding carboxylic acids is 2. The Hall–Kier alpha value is -1.14. The third kappa shape index (κ3) is 3.20. The molecule has 2 amide bonds. The first-order valence-corrected chi connectivity index (χ1v) is 6.09. The summed E-state index contributed by atoms with van der Waals surface area (Å²) in [5.74, 6) is -0.200. The summed E-state index contributed by atoms with van der Waals surface area (Å²) in [6, 6.07) is 0. The molecule has 0 radical (unpaired) electrons. The van der Waals surface area contributed by atoms with Crippen LogP contribution in [0.3, 0.4) is 0 Å². The molecular formula is C12H22N2O4. The zero-order valence-corrected chi connectivity index (χ0v) is 11.5. The SMILES string of the molecule is CCC1(C)NC(=O)CN(CC(COC)OC)C1=O. The molecule has 1 aliphatic rings. The van der Waals surface area contributed by atoms with Crippen LogP contribution < -0.4 is 5.32 Å². The molecule has 2 atom stereocenters. The highest BCUT2D eigenvalue weighted by atomic mass is 16.5. The van der Waals surface area contributed by atoms with Crippen LogP contribution in [-0.2, 0) is 19.1 Å². The van der Waals surface area contributed by atoms with Crippen LogP contribution in [-0.4, -0.2) is 62.3 Å². The Morgan fingerprint density at radius 1 is 1.44 bits per heavy atom. The largest absolute Gasteiger partial charge is 0.382 e. The summed E-state index contributed by atoms with van der Waals surface area (Å²) in [6.45, 7) is 4.47. The summed E-state index contributed by atoms with van der Waals surface area (Å²) in [7, 11) is 3.14. The fourth-order valence-corrected chi connectivity index (χ4v) is 2.01. The van der Waals surface area contributed by atoms with Crippen LogP contribution >= 0.6 is 0 Å². The fourth-order valence-electron chi connectivity index (χ4n) is 2.01. The van der Waals surface area contributed by atoms with Gasteiger partial charge in [0.25, 0.3) is 0 Å². The van der Waals surface area contributed by atoms with E-state index in [2.05, 4.69) is 5.32 Å². The molecule has 0 spiro atoms. The number of nitrogens with zero attached hydrogens (tertiary/aromatic N) is 1. The van der Waals surface area contributed by atoms with Gasteiger partial charge in [-0.3, -0.25) is 9.59 Å². The van der Waals surface area contributed by atoms with Gasteiger partial charge in [0.15, 0.2) is 0 Å². The molecule has 6 heteroatoms. The Morgan fingerprint density at radius 2 is 2.11 bits per heavy atom. The summed E-state index contributed by atoms with van der Waals surface area (Å²) in [6.07, 6.45) is 0.349. The Kier molecular flexibility index (Phi) is 5.10. The van der Waals surface area contributed by atoms with Crippen molar-refractivity contribution in [3.05, 3.63) is 0 Å². The van der Waals surface area contributed by atoms with Crippen molar-refractivity contribution < 1.29 is 19.1 Å². The van der Waals surface area contributed by atoms with E-state index >= 15 is 0 Å². The summed E-state index contributed by atoms with van der Waals surface area (Å²) in [5.41, 5.74) is -0.805. The fraction of sp³-hybridized carbons (Fsp3) is 0.833. The lowest BCUT2D eigenvalue weighted by Gasteiger charge is -2.40. The maximum Gasteiger partial charge on any atom is 0.248 e. The maximum absolute atomic E-state index is 12.3. The standard InChI is InChI=1S/C12H22N2O4/c1-5-12(2)11(16)14(7-10(15)13-12)6-9(18-4)8-17-3/h9H,5-8H2,1-4H3,(H,13,15). The molecule has 0 aliphatic carbocycles. The van der Waals surface area contributed by atoms with Crippen LogP contribution in [0.2, 0.25) is 0 Å². The quantitative estimate of drug-likeness (QED) is 0.715. The van der Waals surface area contributed by atoms with Crippen LogP contribution in [0.4, 0.5) is 0 Å². The van der Waals surface area contributed by atoms with Gasteiger partial charge in [-0.2, -0.15) is 0 Å². The zero-order valence-electron chi connectivity index (χ0n) is 11.5. The van der Waals surface area contributed by atoms with E-state index in [-0.39, 0.29) is 24.5 Å². The molecule has 0 bridgehead atoms. The number of hydrogen-bond donors (Lipinski definition) is 1. The highest BCUT2D eigenvalue weighted by Crippen LogP contribution is 2.18. The first-order valence-electron chi connectivity index (χ1n) is 6.09. The molecule has 1 heterocycles. The van der Waals surface area contributed by atoms with Crippen molar-refractivity contribution in [1.82, 2.24) is 10.2 Å². The van der Waals surface area contributed by atoms with Crippen molar-refractivity contribution in [1.29, 1.82) is 0 Å². The molecule has 104 valence electrons. The van der Waals surface area contributed by atoms with Gasteiger partial charge in [-0.15, -0.1) is 0 Å². The van der Waals surface area contributed by atoms with E-state index in [4.69, 9.17) is 9.47 Å². The molecule has 1 fully saturated rings. The normalized spacial score (nSPS) is 26.1. The summed E-state index contributed by atoms with van der Waals surface area (Å²) < 4.78 is 10.2. The number of rotatable bonds is 6. The van der Waals surface area contributed by atoms with Crippen molar-refractivity contribution in [2.75, 3.05) is 33.9 Å². The lowest BCUT2D eigenvalue weighted by atomic mass is 9.94. The Bertz CT molecular complexity index is 321. The molecule has 6 nitrogen and oxygen atoms in total. The third-order valence-electron chi connectivity index (χ3n) is 3.33. The second-order valence-electron chi connectivity index (χ2n) is 4.73. The number of hydrogen-bond acceptors (Lipinski definition) is 4. The summed E-state index contributed by atoms with van der Waals surface area (Å²) >= 11 is 0. The van der Waals surface area contributed by atoms with Crippen molar-refractivity contribution in [3.63, 3.8) is 0 Å². The number of methoxy groups -OCH3 is 2. The van der Waals surface area contributed by atoms with Crippen LogP contribution in [0.1, 0.15) is 20.3 Å². The van der Waals surface area contributed by atoms with Crippen molar-refractivity contribution >= 4 is 11.8 Å². The van der Waals surface area contributed by atoms with E-state index in [0.717, 1.165) is 0 Å². The molecule has 0 aromatic carbocycles. The molecule has 0 saturated carbocycles. The zero-order chi connectivity index (χ0) is 13.8. The van der Waals surface area contributed by atoms with Gasteiger partial charge >= 0.3 is 0 Å². The van der Waals surface area contributed by atoms with Gasteiger partial charge in [0.2, 0.25) is 11.8 Å². The summed E-state index contributed by atoms with van der Waals surface area (Å²) in [4.78, 5) is 25.5. The lowest BCUT2D eigenvalue weighted by Crippen LogP contribution is -2.66. The average Bonchev–Trinajstić information content (AvgIpc) is 2.34. The second-order valence-corrected chi connectivity index (χ2v) is 4.73. The smallest absolute Gasteiger partial charge is 0.248 e. The molecule has 0 aromatic rings.